The predicted octanol–water partition coefficient (Wildman–Crippen LogP) is -0.251. The normalized spacial score (nSPS) is 11.4. The van der Waals surface area contributed by atoms with Crippen molar-refractivity contribution in [2.45, 2.75) is 19.1 Å². The number of alkyl halides is 1. The number of benzene rings is 1. The fourth-order valence-corrected chi connectivity index (χ4v) is 1.55. The minimum Gasteiger partial charge on any atom is -0.548 e. The number of nitrogens with one attached hydrogen (secondary N) is 1. The number of rotatable bonds is 7. The Bertz CT molecular complexity index is 477. The molecule has 1 rings (SSSR count). The molecule has 108 valence electrons. The highest BCUT2D eigenvalue weighted by Crippen LogP contribution is 2.03. The number of carbonyl (C=O) groups is 3. The van der Waals surface area contributed by atoms with Crippen LogP contribution in [-0.2, 0) is 25.7 Å². The molecular formula is C13H13BrNO5-. The number of hydrogen-bond donors (Lipinski definition) is 1. The van der Waals surface area contributed by atoms with Crippen molar-refractivity contribution < 1.29 is 24.2 Å². The van der Waals surface area contributed by atoms with E-state index in [1.165, 1.54) is 0 Å². The van der Waals surface area contributed by atoms with E-state index < -0.39 is 30.3 Å². The Morgan fingerprint density at radius 1 is 1.25 bits per heavy atom. The van der Waals surface area contributed by atoms with Gasteiger partial charge in [-0.25, -0.2) is 0 Å². The minimum absolute atomic E-state index is 0.0475. The maximum atomic E-state index is 11.5. The van der Waals surface area contributed by atoms with Crippen LogP contribution in [0.2, 0.25) is 0 Å². The van der Waals surface area contributed by atoms with E-state index in [2.05, 4.69) is 21.2 Å². The zero-order chi connectivity index (χ0) is 15.0. The zero-order valence-electron chi connectivity index (χ0n) is 10.5. The minimum atomic E-state index is -1.53. The second-order valence-corrected chi connectivity index (χ2v) is 4.48. The second kappa shape index (κ2) is 8.31. The van der Waals surface area contributed by atoms with E-state index in [1.807, 2.05) is 6.07 Å². The highest BCUT2D eigenvalue weighted by molar-refractivity contribution is 9.09. The fraction of sp³-hybridized carbons (Fsp3) is 0.308. The summed E-state index contributed by atoms with van der Waals surface area (Å²) < 4.78 is 4.93. The van der Waals surface area contributed by atoms with Crippen molar-refractivity contribution in [3.63, 3.8) is 0 Å². The van der Waals surface area contributed by atoms with Gasteiger partial charge in [0.2, 0.25) is 5.91 Å². The van der Waals surface area contributed by atoms with Crippen LogP contribution >= 0.6 is 15.9 Å². The third kappa shape index (κ3) is 5.83. The first-order valence-corrected chi connectivity index (χ1v) is 6.90. The molecule has 20 heavy (non-hydrogen) atoms. The number of esters is 1. The number of hydrogen-bond acceptors (Lipinski definition) is 5. The Hall–Kier alpha value is -1.89. The van der Waals surface area contributed by atoms with E-state index in [4.69, 9.17) is 4.74 Å². The molecule has 0 saturated carbocycles. The highest BCUT2D eigenvalue weighted by atomic mass is 79.9. The molecule has 1 amide bonds. The van der Waals surface area contributed by atoms with Gasteiger partial charge in [-0.15, -0.1) is 0 Å². The summed E-state index contributed by atoms with van der Waals surface area (Å²) in [6, 6.07) is 7.56. The van der Waals surface area contributed by atoms with Gasteiger partial charge >= 0.3 is 5.97 Å². The van der Waals surface area contributed by atoms with E-state index in [1.54, 1.807) is 24.3 Å². The van der Waals surface area contributed by atoms with Crippen molar-refractivity contribution in [3.8, 4) is 0 Å². The van der Waals surface area contributed by atoms with Gasteiger partial charge in [-0.1, -0.05) is 46.3 Å². The SMILES string of the molecule is O=C(CBr)N[C@@H](CC(=O)OCc1ccccc1)C(=O)[O-]. The maximum absolute atomic E-state index is 11.5. The molecule has 0 heterocycles. The summed E-state index contributed by atoms with van der Waals surface area (Å²) in [4.78, 5) is 33.4. The van der Waals surface area contributed by atoms with Crippen LogP contribution in [0, 0.1) is 0 Å². The van der Waals surface area contributed by atoms with Crippen molar-refractivity contribution in [1.29, 1.82) is 0 Å². The lowest BCUT2D eigenvalue weighted by Crippen LogP contribution is -2.49. The number of carbonyl (C=O) groups excluding carboxylic acids is 3. The third-order valence-electron chi connectivity index (χ3n) is 2.35. The van der Waals surface area contributed by atoms with Gasteiger partial charge in [0.25, 0.3) is 0 Å². The quantitative estimate of drug-likeness (QED) is 0.544. The summed E-state index contributed by atoms with van der Waals surface area (Å²) in [7, 11) is 0. The van der Waals surface area contributed by atoms with Gasteiger partial charge in [0.15, 0.2) is 0 Å². The second-order valence-electron chi connectivity index (χ2n) is 3.92. The number of ether oxygens (including phenoxy) is 1. The number of carboxylic acids is 1. The lowest BCUT2D eigenvalue weighted by Gasteiger charge is -2.18. The van der Waals surface area contributed by atoms with Crippen LogP contribution in [0.15, 0.2) is 30.3 Å². The van der Waals surface area contributed by atoms with E-state index in [-0.39, 0.29) is 11.9 Å². The summed E-state index contributed by atoms with van der Waals surface area (Å²) in [5.74, 6) is -2.80. The number of halogens is 1. The molecule has 0 unspecified atom stereocenters. The lowest BCUT2D eigenvalue weighted by molar-refractivity contribution is -0.308. The molecule has 0 saturated heterocycles. The Labute approximate surface area is 124 Å². The summed E-state index contributed by atoms with van der Waals surface area (Å²) in [5, 5.41) is 12.9. The van der Waals surface area contributed by atoms with Crippen LogP contribution < -0.4 is 10.4 Å². The highest BCUT2D eigenvalue weighted by Gasteiger charge is 2.18. The average Bonchev–Trinajstić information content (AvgIpc) is 2.45. The standard InChI is InChI=1S/C13H14BrNO5/c14-7-11(16)15-10(13(18)19)6-12(17)20-8-9-4-2-1-3-5-9/h1-5,10H,6-8H2,(H,15,16)(H,18,19)/p-1/t10-/m0/s1. The molecular weight excluding hydrogens is 330 g/mol. The molecule has 0 aromatic heterocycles. The molecule has 0 bridgehead atoms. The molecule has 0 spiro atoms. The van der Waals surface area contributed by atoms with Gasteiger partial charge in [0, 0.05) is 0 Å². The number of amides is 1. The first-order chi connectivity index (χ1) is 9.52. The summed E-state index contributed by atoms with van der Waals surface area (Å²) >= 11 is 2.88. The van der Waals surface area contributed by atoms with Crippen LogP contribution in [0.4, 0.5) is 0 Å². The van der Waals surface area contributed by atoms with E-state index in [9.17, 15) is 19.5 Å². The van der Waals surface area contributed by atoms with Crippen LogP contribution in [0.1, 0.15) is 12.0 Å². The summed E-state index contributed by atoms with van der Waals surface area (Å²) in [5.41, 5.74) is 0.787. The van der Waals surface area contributed by atoms with Gasteiger partial charge in [0.05, 0.1) is 23.8 Å². The van der Waals surface area contributed by atoms with Gasteiger partial charge < -0.3 is 20.0 Å². The Kier molecular flexibility index (Phi) is 6.72. The Morgan fingerprint density at radius 2 is 1.90 bits per heavy atom. The van der Waals surface area contributed by atoms with E-state index in [0.29, 0.717) is 0 Å². The van der Waals surface area contributed by atoms with Crippen LogP contribution in [0.3, 0.4) is 0 Å². The first-order valence-electron chi connectivity index (χ1n) is 5.78. The maximum Gasteiger partial charge on any atom is 0.308 e. The smallest absolute Gasteiger partial charge is 0.308 e. The van der Waals surface area contributed by atoms with Crippen molar-refractivity contribution in [2.75, 3.05) is 5.33 Å². The zero-order valence-corrected chi connectivity index (χ0v) is 12.1. The summed E-state index contributed by atoms with van der Waals surface area (Å²) in [6.45, 7) is 0.0475. The van der Waals surface area contributed by atoms with Crippen molar-refractivity contribution in [2.24, 2.45) is 0 Å². The molecule has 1 atom stereocenters. The lowest BCUT2D eigenvalue weighted by atomic mass is 10.2. The topological polar surface area (TPSA) is 95.5 Å². The Morgan fingerprint density at radius 3 is 2.45 bits per heavy atom. The van der Waals surface area contributed by atoms with Crippen molar-refractivity contribution >= 4 is 33.8 Å². The molecule has 6 nitrogen and oxygen atoms in total. The molecule has 0 fully saturated rings. The van der Waals surface area contributed by atoms with E-state index >= 15 is 0 Å². The largest absolute Gasteiger partial charge is 0.548 e. The van der Waals surface area contributed by atoms with Gasteiger partial charge in [0.1, 0.15) is 6.61 Å². The van der Waals surface area contributed by atoms with Crippen LogP contribution in [-0.4, -0.2) is 29.2 Å². The van der Waals surface area contributed by atoms with Crippen molar-refractivity contribution in [3.05, 3.63) is 35.9 Å². The fourth-order valence-electron chi connectivity index (χ4n) is 1.39. The monoisotopic (exact) mass is 342 g/mol. The molecule has 0 aliphatic heterocycles. The van der Waals surface area contributed by atoms with Crippen LogP contribution in [0.25, 0.3) is 0 Å². The van der Waals surface area contributed by atoms with Crippen molar-refractivity contribution in [1.82, 2.24) is 5.32 Å². The summed E-state index contributed by atoms with van der Waals surface area (Å²) in [6.07, 6.45) is -0.478. The third-order valence-corrected chi connectivity index (χ3v) is 2.86. The Balaban J connectivity index is 2.46. The van der Waals surface area contributed by atoms with Gasteiger partial charge in [-0.3, -0.25) is 9.59 Å². The predicted molar refractivity (Wildman–Crippen MR) is 71.6 cm³/mol. The molecule has 0 aliphatic carbocycles. The number of aliphatic carboxylic acids is 1. The first kappa shape index (κ1) is 16.2. The van der Waals surface area contributed by atoms with E-state index in [0.717, 1.165) is 5.56 Å². The molecule has 1 aromatic rings. The molecule has 0 radical (unpaired) electrons. The van der Waals surface area contributed by atoms with Crippen LogP contribution in [0.5, 0.6) is 0 Å². The molecule has 1 aromatic carbocycles. The molecule has 0 aliphatic rings. The molecule has 7 heteroatoms. The van der Waals surface area contributed by atoms with Gasteiger partial charge in [-0.05, 0) is 5.56 Å². The molecule has 1 N–H and O–H groups in total. The average molecular weight is 343 g/mol. The van der Waals surface area contributed by atoms with Gasteiger partial charge in [-0.2, -0.15) is 0 Å². The number of carboxylic acid groups (broad SMARTS) is 1.